The topological polar surface area (TPSA) is 68.2 Å². The molecule has 1 fully saturated rings. The fraction of sp³-hybridized carbons (Fsp3) is 0.400. The summed E-state index contributed by atoms with van der Waals surface area (Å²) in [6, 6.07) is 9.84. The first-order chi connectivity index (χ1) is 10.2. The van der Waals surface area contributed by atoms with Gasteiger partial charge in [-0.2, -0.15) is 5.10 Å². The van der Waals surface area contributed by atoms with Crippen molar-refractivity contribution in [3.05, 3.63) is 35.9 Å². The third-order valence-electron chi connectivity index (χ3n) is 3.12. The molecule has 1 aliphatic rings. The van der Waals surface area contributed by atoms with Gasteiger partial charge in [-0.15, -0.1) is 0 Å². The summed E-state index contributed by atoms with van der Waals surface area (Å²) in [5.74, 6) is -0.778. The number of morpholine rings is 1. The van der Waals surface area contributed by atoms with Crippen molar-refractivity contribution in [1.82, 2.24) is 5.01 Å². The number of hydrogen-bond donors (Lipinski definition) is 0. The highest BCUT2D eigenvalue weighted by Crippen LogP contribution is 2.11. The molecule has 21 heavy (non-hydrogen) atoms. The lowest BCUT2D eigenvalue weighted by atomic mass is 10.2. The number of carbonyl (C=O) groups excluding carboxylic acids is 2. The van der Waals surface area contributed by atoms with E-state index in [1.165, 1.54) is 12.1 Å². The van der Waals surface area contributed by atoms with Gasteiger partial charge in [0.15, 0.2) is 0 Å². The Morgan fingerprint density at radius 2 is 2.24 bits per heavy atom. The van der Waals surface area contributed by atoms with E-state index in [4.69, 9.17) is 4.74 Å². The largest absolute Gasteiger partial charge is 0.469 e. The van der Waals surface area contributed by atoms with Gasteiger partial charge in [0.25, 0.3) is 5.91 Å². The van der Waals surface area contributed by atoms with Crippen LogP contribution in [0, 0.1) is 0 Å². The molecule has 0 spiro atoms. The van der Waals surface area contributed by atoms with E-state index in [2.05, 4.69) is 9.84 Å². The Morgan fingerprint density at radius 1 is 1.48 bits per heavy atom. The zero-order valence-corrected chi connectivity index (χ0v) is 11.9. The maximum atomic E-state index is 12.1. The van der Waals surface area contributed by atoms with Gasteiger partial charge in [-0.3, -0.25) is 9.59 Å². The van der Waals surface area contributed by atoms with E-state index in [1.807, 2.05) is 30.3 Å². The summed E-state index contributed by atoms with van der Waals surface area (Å²) in [5.41, 5.74) is 1.12. The molecular weight excluding hydrogens is 272 g/mol. The molecule has 0 aromatic heterocycles. The molecule has 0 aliphatic carbocycles. The molecule has 0 N–H and O–H groups in total. The number of nitrogens with zero attached hydrogens (tertiary/aromatic N) is 2. The number of hydrogen-bond acceptors (Lipinski definition) is 5. The molecule has 0 bridgehead atoms. The number of amides is 1. The highest BCUT2D eigenvalue weighted by molar-refractivity contribution is 5.86. The smallest absolute Gasteiger partial charge is 0.308 e. The van der Waals surface area contributed by atoms with Crippen LogP contribution in [0.2, 0.25) is 0 Å². The second kappa shape index (κ2) is 7.54. The Bertz CT molecular complexity index is 516. The monoisotopic (exact) mass is 290 g/mol. The van der Waals surface area contributed by atoms with E-state index in [0.29, 0.717) is 19.6 Å². The lowest BCUT2D eigenvalue weighted by Gasteiger charge is -2.28. The van der Waals surface area contributed by atoms with Crippen LogP contribution in [0.1, 0.15) is 12.0 Å². The second-order valence-corrected chi connectivity index (χ2v) is 4.59. The molecule has 6 nitrogen and oxygen atoms in total. The number of esters is 1. The summed E-state index contributed by atoms with van der Waals surface area (Å²) in [4.78, 5) is 23.3. The Labute approximate surface area is 123 Å². The molecule has 0 saturated carbocycles. The molecular formula is C15H18N2O4. The van der Waals surface area contributed by atoms with Gasteiger partial charge >= 0.3 is 5.97 Å². The van der Waals surface area contributed by atoms with Crippen LogP contribution >= 0.6 is 0 Å². The van der Waals surface area contributed by atoms with Gasteiger partial charge in [0, 0.05) is 12.6 Å². The lowest BCUT2D eigenvalue weighted by molar-refractivity contribution is -0.160. The SMILES string of the molecule is COC(=O)C[C@@H]1OCCN(/N=C/Cc2ccccc2)C1=O. The summed E-state index contributed by atoms with van der Waals surface area (Å²) in [7, 11) is 1.28. The van der Waals surface area contributed by atoms with Crippen molar-refractivity contribution >= 4 is 18.1 Å². The predicted octanol–water partition coefficient (Wildman–Crippen LogP) is 1.01. The van der Waals surface area contributed by atoms with E-state index in [9.17, 15) is 9.59 Å². The van der Waals surface area contributed by atoms with Crippen molar-refractivity contribution in [2.75, 3.05) is 20.3 Å². The third kappa shape index (κ3) is 4.39. The first-order valence-corrected chi connectivity index (χ1v) is 6.77. The molecule has 1 saturated heterocycles. The van der Waals surface area contributed by atoms with Gasteiger partial charge in [0.05, 0.1) is 26.7 Å². The van der Waals surface area contributed by atoms with Crippen LogP contribution in [0.25, 0.3) is 0 Å². The maximum Gasteiger partial charge on any atom is 0.308 e. The third-order valence-corrected chi connectivity index (χ3v) is 3.12. The Hall–Kier alpha value is -2.21. The van der Waals surface area contributed by atoms with Crippen LogP contribution in [-0.4, -0.2) is 49.5 Å². The van der Waals surface area contributed by atoms with E-state index >= 15 is 0 Å². The number of ether oxygens (including phenoxy) is 2. The predicted molar refractivity (Wildman–Crippen MR) is 76.7 cm³/mol. The van der Waals surface area contributed by atoms with Crippen LogP contribution < -0.4 is 0 Å². The van der Waals surface area contributed by atoms with Crippen molar-refractivity contribution in [1.29, 1.82) is 0 Å². The average Bonchev–Trinajstić information content (AvgIpc) is 2.52. The highest BCUT2D eigenvalue weighted by atomic mass is 16.5. The van der Waals surface area contributed by atoms with Crippen molar-refractivity contribution in [2.24, 2.45) is 5.10 Å². The number of benzene rings is 1. The zero-order chi connectivity index (χ0) is 15.1. The van der Waals surface area contributed by atoms with Gasteiger partial charge in [-0.05, 0) is 5.56 Å². The van der Waals surface area contributed by atoms with Gasteiger partial charge in [-0.1, -0.05) is 30.3 Å². The standard InChI is InChI=1S/C15H18N2O4/c1-20-14(18)11-13-15(19)17(9-10-21-13)16-8-7-12-5-3-2-4-6-12/h2-6,8,13H,7,9-11H2,1H3/b16-8+/t13-/m0/s1. The molecule has 1 aromatic rings. The number of rotatable bonds is 5. The number of carbonyl (C=O) groups is 2. The maximum absolute atomic E-state index is 12.1. The van der Waals surface area contributed by atoms with Crippen LogP contribution in [0.3, 0.4) is 0 Å². The minimum absolute atomic E-state index is 0.0833. The normalized spacial score (nSPS) is 19.0. The van der Waals surface area contributed by atoms with Crippen LogP contribution in [0.15, 0.2) is 35.4 Å². The fourth-order valence-electron chi connectivity index (χ4n) is 1.98. The second-order valence-electron chi connectivity index (χ2n) is 4.59. The van der Waals surface area contributed by atoms with Crippen molar-refractivity contribution < 1.29 is 19.1 Å². The first-order valence-electron chi connectivity index (χ1n) is 6.77. The Kier molecular flexibility index (Phi) is 5.45. The zero-order valence-electron chi connectivity index (χ0n) is 11.9. The molecule has 112 valence electrons. The highest BCUT2D eigenvalue weighted by Gasteiger charge is 2.31. The van der Waals surface area contributed by atoms with Crippen molar-refractivity contribution in [3.63, 3.8) is 0 Å². The molecule has 6 heteroatoms. The van der Waals surface area contributed by atoms with Crippen LogP contribution in [0.4, 0.5) is 0 Å². The molecule has 1 heterocycles. The molecule has 1 aliphatic heterocycles. The van der Waals surface area contributed by atoms with E-state index in [-0.39, 0.29) is 12.3 Å². The Morgan fingerprint density at radius 3 is 2.95 bits per heavy atom. The number of hydrazone groups is 1. The quantitative estimate of drug-likeness (QED) is 0.599. The summed E-state index contributed by atoms with van der Waals surface area (Å²) < 4.78 is 9.84. The summed E-state index contributed by atoms with van der Waals surface area (Å²) in [6.45, 7) is 0.748. The average molecular weight is 290 g/mol. The summed E-state index contributed by atoms with van der Waals surface area (Å²) in [6.07, 6.45) is 1.45. The Balaban J connectivity index is 1.90. The molecule has 1 aromatic carbocycles. The van der Waals surface area contributed by atoms with E-state index in [1.54, 1.807) is 6.21 Å². The van der Waals surface area contributed by atoms with Crippen LogP contribution in [0.5, 0.6) is 0 Å². The summed E-state index contributed by atoms with van der Waals surface area (Å²) >= 11 is 0. The molecule has 1 atom stereocenters. The van der Waals surface area contributed by atoms with Gasteiger partial charge in [0.2, 0.25) is 0 Å². The van der Waals surface area contributed by atoms with Gasteiger partial charge in [0.1, 0.15) is 6.10 Å². The molecule has 2 rings (SSSR count). The first kappa shape index (κ1) is 15.2. The molecule has 0 radical (unpaired) electrons. The lowest BCUT2D eigenvalue weighted by Crippen LogP contribution is -2.46. The van der Waals surface area contributed by atoms with Crippen molar-refractivity contribution in [2.45, 2.75) is 18.9 Å². The van der Waals surface area contributed by atoms with Crippen molar-refractivity contribution in [3.8, 4) is 0 Å². The minimum atomic E-state index is -0.805. The fourth-order valence-corrected chi connectivity index (χ4v) is 1.98. The van der Waals surface area contributed by atoms with Gasteiger partial charge in [-0.25, -0.2) is 5.01 Å². The molecule has 1 amide bonds. The van der Waals surface area contributed by atoms with E-state index in [0.717, 1.165) is 5.56 Å². The molecule has 0 unspecified atom stereocenters. The summed E-state index contributed by atoms with van der Waals surface area (Å²) in [5, 5.41) is 5.52. The van der Waals surface area contributed by atoms with Gasteiger partial charge < -0.3 is 9.47 Å². The van der Waals surface area contributed by atoms with Crippen LogP contribution in [-0.2, 0) is 25.5 Å². The number of methoxy groups -OCH3 is 1. The van der Waals surface area contributed by atoms with E-state index < -0.39 is 12.1 Å². The minimum Gasteiger partial charge on any atom is -0.469 e.